The molecule has 0 aliphatic heterocycles. The van der Waals surface area contributed by atoms with Crippen molar-refractivity contribution in [1.82, 2.24) is 9.36 Å². The molecule has 0 N–H and O–H groups in total. The molecule has 0 spiro atoms. The van der Waals surface area contributed by atoms with Gasteiger partial charge in [0.05, 0.1) is 0 Å². The van der Waals surface area contributed by atoms with Crippen LogP contribution in [0.25, 0.3) is 0 Å². The van der Waals surface area contributed by atoms with Gasteiger partial charge in [-0.15, -0.1) is 0 Å². The van der Waals surface area contributed by atoms with Gasteiger partial charge in [-0.1, -0.05) is 39.5 Å². The monoisotopic (exact) mass is 275 g/mol. The molecule has 0 unspecified atom stereocenters. The third-order valence-corrected chi connectivity index (χ3v) is 3.52. The molecular formula is C12H22ClN3S. The van der Waals surface area contributed by atoms with Crippen LogP contribution in [0.2, 0.25) is 4.47 Å². The minimum atomic E-state index is 0.538. The van der Waals surface area contributed by atoms with E-state index in [1.807, 2.05) is 0 Å². The van der Waals surface area contributed by atoms with Crippen LogP contribution in [0.4, 0.5) is 5.95 Å². The fourth-order valence-corrected chi connectivity index (χ4v) is 2.36. The average molecular weight is 276 g/mol. The summed E-state index contributed by atoms with van der Waals surface area (Å²) in [7, 11) is 0. The highest BCUT2D eigenvalue weighted by atomic mass is 35.5. The van der Waals surface area contributed by atoms with Crippen LogP contribution in [0.1, 0.15) is 52.4 Å². The number of nitrogens with zero attached hydrogens (tertiary/aromatic N) is 3. The zero-order chi connectivity index (χ0) is 12.5. The molecular weight excluding hydrogens is 254 g/mol. The van der Waals surface area contributed by atoms with Crippen molar-refractivity contribution in [2.75, 3.05) is 18.0 Å². The van der Waals surface area contributed by atoms with Crippen molar-refractivity contribution in [2.45, 2.75) is 52.4 Å². The van der Waals surface area contributed by atoms with Crippen LogP contribution in [-0.2, 0) is 0 Å². The quantitative estimate of drug-likeness (QED) is 0.626. The lowest BCUT2D eigenvalue weighted by molar-refractivity contribution is 0.629. The van der Waals surface area contributed by atoms with Crippen molar-refractivity contribution in [3.05, 3.63) is 4.47 Å². The second-order valence-electron chi connectivity index (χ2n) is 4.25. The van der Waals surface area contributed by atoms with E-state index >= 15 is 0 Å². The van der Waals surface area contributed by atoms with Crippen LogP contribution < -0.4 is 4.90 Å². The normalized spacial score (nSPS) is 10.8. The fourth-order valence-electron chi connectivity index (χ4n) is 1.74. The van der Waals surface area contributed by atoms with Gasteiger partial charge in [0, 0.05) is 24.6 Å². The molecule has 0 fully saturated rings. The maximum Gasteiger partial charge on any atom is 0.238 e. The van der Waals surface area contributed by atoms with E-state index in [0.717, 1.165) is 19.0 Å². The molecule has 0 aromatic carbocycles. The number of halogens is 1. The summed E-state index contributed by atoms with van der Waals surface area (Å²) in [6.07, 6.45) is 7.44. The second-order valence-corrected chi connectivity index (χ2v) is 5.58. The molecule has 1 rings (SSSR count). The molecule has 0 aliphatic carbocycles. The fraction of sp³-hybridized carbons (Fsp3) is 0.833. The Bertz CT molecular complexity index is 294. The largest absolute Gasteiger partial charge is 0.340 e. The van der Waals surface area contributed by atoms with Gasteiger partial charge in [-0.2, -0.15) is 9.36 Å². The molecule has 0 saturated carbocycles. The zero-order valence-electron chi connectivity index (χ0n) is 10.8. The van der Waals surface area contributed by atoms with Gasteiger partial charge < -0.3 is 4.90 Å². The van der Waals surface area contributed by atoms with E-state index in [1.54, 1.807) is 0 Å². The Morgan fingerprint density at radius 1 is 1.06 bits per heavy atom. The molecule has 0 aliphatic rings. The summed E-state index contributed by atoms with van der Waals surface area (Å²) in [6, 6.07) is 0. The van der Waals surface area contributed by atoms with Crippen LogP contribution in [0.15, 0.2) is 0 Å². The lowest BCUT2D eigenvalue weighted by Gasteiger charge is -2.20. The summed E-state index contributed by atoms with van der Waals surface area (Å²) in [5.74, 6) is 0.812. The predicted molar refractivity (Wildman–Crippen MR) is 76.2 cm³/mol. The predicted octanol–water partition coefficient (Wildman–Crippen LogP) is 4.38. The average Bonchev–Trinajstić information content (AvgIpc) is 2.74. The molecule has 1 aromatic rings. The van der Waals surface area contributed by atoms with E-state index in [9.17, 15) is 0 Å². The van der Waals surface area contributed by atoms with Gasteiger partial charge in [0.1, 0.15) is 0 Å². The molecule has 5 heteroatoms. The first kappa shape index (κ1) is 14.7. The molecule has 0 bridgehead atoms. The Morgan fingerprint density at radius 3 is 2.06 bits per heavy atom. The minimum Gasteiger partial charge on any atom is -0.340 e. The van der Waals surface area contributed by atoms with Gasteiger partial charge in [0.15, 0.2) is 0 Å². The number of aromatic nitrogens is 2. The number of anilines is 1. The standard InChI is InChI=1S/C12H22ClN3S/c1-3-5-7-9-16(10-8-6-4-2)12-14-11(13)17-15-12/h3-10H2,1-2H3. The van der Waals surface area contributed by atoms with Gasteiger partial charge >= 0.3 is 0 Å². The molecule has 1 heterocycles. The van der Waals surface area contributed by atoms with Gasteiger partial charge in [-0.3, -0.25) is 0 Å². The summed E-state index contributed by atoms with van der Waals surface area (Å²) >= 11 is 7.12. The summed E-state index contributed by atoms with van der Waals surface area (Å²) in [5.41, 5.74) is 0. The third-order valence-electron chi connectivity index (χ3n) is 2.74. The summed E-state index contributed by atoms with van der Waals surface area (Å²) < 4.78 is 4.84. The van der Waals surface area contributed by atoms with Crippen LogP contribution in [0.5, 0.6) is 0 Å². The summed E-state index contributed by atoms with van der Waals surface area (Å²) in [4.78, 5) is 6.54. The van der Waals surface area contributed by atoms with Crippen molar-refractivity contribution >= 4 is 29.1 Å². The number of unbranched alkanes of at least 4 members (excludes halogenated alkanes) is 4. The number of rotatable bonds is 9. The van der Waals surface area contributed by atoms with Crippen molar-refractivity contribution in [3.8, 4) is 0 Å². The van der Waals surface area contributed by atoms with E-state index in [0.29, 0.717) is 4.47 Å². The highest BCUT2D eigenvalue weighted by molar-refractivity contribution is 7.10. The van der Waals surface area contributed by atoms with E-state index in [-0.39, 0.29) is 0 Å². The molecule has 3 nitrogen and oxygen atoms in total. The van der Waals surface area contributed by atoms with Crippen LogP contribution in [0.3, 0.4) is 0 Å². The second kappa shape index (κ2) is 8.70. The van der Waals surface area contributed by atoms with Crippen LogP contribution in [-0.4, -0.2) is 22.4 Å². The van der Waals surface area contributed by atoms with Crippen LogP contribution >= 0.6 is 23.1 Å². The summed E-state index contributed by atoms with van der Waals surface area (Å²) in [5, 5.41) is 0. The Kier molecular flexibility index (Phi) is 7.53. The van der Waals surface area contributed by atoms with Gasteiger partial charge in [0.25, 0.3) is 0 Å². The molecule has 0 saturated heterocycles. The molecule has 98 valence electrons. The molecule has 17 heavy (non-hydrogen) atoms. The van der Waals surface area contributed by atoms with Crippen LogP contribution in [0, 0.1) is 0 Å². The maximum absolute atomic E-state index is 5.85. The topological polar surface area (TPSA) is 29.0 Å². The minimum absolute atomic E-state index is 0.538. The highest BCUT2D eigenvalue weighted by Gasteiger charge is 2.11. The van der Waals surface area contributed by atoms with E-state index in [2.05, 4.69) is 28.1 Å². The van der Waals surface area contributed by atoms with Gasteiger partial charge in [-0.05, 0) is 24.4 Å². The Morgan fingerprint density at radius 2 is 1.65 bits per heavy atom. The summed E-state index contributed by atoms with van der Waals surface area (Å²) in [6.45, 7) is 6.54. The van der Waals surface area contributed by atoms with E-state index in [1.165, 1.54) is 50.1 Å². The molecule has 0 radical (unpaired) electrons. The van der Waals surface area contributed by atoms with E-state index < -0.39 is 0 Å². The van der Waals surface area contributed by atoms with Crippen molar-refractivity contribution in [2.24, 2.45) is 0 Å². The molecule has 0 atom stereocenters. The van der Waals surface area contributed by atoms with E-state index in [4.69, 9.17) is 11.6 Å². The van der Waals surface area contributed by atoms with Crippen molar-refractivity contribution < 1.29 is 0 Å². The third kappa shape index (κ3) is 5.68. The van der Waals surface area contributed by atoms with Crippen molar-refractivity contribution in [1.29, 1.82) is 0 Å². The smallest absolute Gasteiger partial charge is 0.238 e. The molecule has 0 amide bonds. The first-order valence-electron chi connectivity index (χ1n) is 6.52. The molecule has 1 aromatic heterocycles. The SMILES string of the molecule is CCCCCN(CCCCC)c1nsc(Cl)n1. The number of hydrogen-bond donors (Lipinski definition) is 0. The maximum atomic E-state index is 5.85. The number of hydrogen-bond acceptors (Lipinski definition) is 4. The Hall–Kier alpha value is -0.350. The highest BCUT2D eigenvalue weighted by Crippen LogP contribution is 2.19. The van der Waals surface area contributed by atoms with Crippen molar-refractivity contribution in [3.63, 3.8) is 0 Å². The van der Waals surface area contributed by atoms with Gasteiger partial charge in [0.2, 0.25) is 10.4 Å². The first-order chi connectivity index (χ1) is 8.27. The Balaban J connectivity index is 2.46. The zero-order valence-corrected chi connectivity index (χ0v) is 12.4. The first-order valence-corrected chi connectivity index (χ1v) is 7.67. The Labute approximate surface area is 113 Å². The lowest BCUT2D eigenvalue weighted by Crippen LogP contribution is -2.26. The lowest BCUT2D eigenvalue weighted by atomic mass is 10.2. The van der Waals surface area contributed by atoms with Gasteiger partial charge in [-0.25, -0.2) is 0 Å².